The van der Waals surface area contributed by atoms with Gasteiger partial charge < -0.3 is 30.2 Å². The van der Waals surface area contributed by atoms with E-state index in [1.807, 2.05) is 0 Å². The van der Waals surface area contributed by atoms with Crippen LogP contribution >= 0.6 is 0 Å². The average Bonchev–Trinajstić information content (AvgIpc) is 3.37. The minimum Gasteiger partial charge on any atom is -0.450 e. The molecule has 0 spiro atoms. The van der Waals surface area contributed by atoms with E-state index in [2.05, 4.69) is 31.8 Å². The number of rotatable bonds is 9. The van der Waals surface area contributed by atoms with Crippen LogP contribution in [-0.4, -0.2) is 58.2 Å². The molecule has 1 aliphatic rings. The van der Waals surface area contributed by atoms with Crippen molar-refractivity contribution in [3.05, 3.63) is 60.8 Å². The molecule has 0 unspecified atom stereocenters. The summed E-state index contributed by atoms with van der Waals surface area (Å²) in [5, 5.41) is 11.7. The Kier molecular flexibility index (Phi) is 7.47. The number of hydrogen-bond acceptors (Lipinski definition) is 10. The van der Waals surface area contributed by atoms with Gasteiger partial charge in [0.25, 0.3) is 5.91 Å². The summed E-state index contributed by atoms with van der Waals surface area (Å²) < 4.78 is 30.1. The van der Waals surface area contributed by atoms with Gasteiger partial charge >= 0.3 is 11.8 Å². The standard InChI is InChI=1S/C25H24FN7O5/c1-3-10-29-23-30-11-8-17(31-23)19-18(15-4-6-16(26)7-5-15)32-21(33-19)25(20(28)34)37-13-24(2,14-38-25)22(35)36-12-9-27/h3-8,11H,1,10,12-14H2,2H3,(H2,28,34)(H,32,33)(H,29,30,31). The zero-order valence-electron chi connectivity index (χ0n) is 20.4. The van der Waals surface area contributed by atoms with E-state index in [1.54, 1.807) is 18.2 Å². The number of nitrogens with zero attached hydrogens (tertiary/aromatic N) is 4. The van der Waals surface area contributed by atoms with Crippen molar-refractivity contribution in [2.45, 2.75) is 12.7 Å². The quantitative estimate of drug-likeness (QED) is 0.279. The zero-order chi connectivity index (χ0) is 27.3. The van der Waals surface area contributed by atoms with Crippen LogP contribution in [-0.2, 0) is 29.6 Å². The van der Waals surface area contributed by atoms with Gasteiger partial charge in [-0.1, -0.05) is 6.08 Å². The number of aromatic amines is 1. The summed E-state index contributed by atoms with van der Waals surface area (Å²) >= 11 is 0. The van der Waals surface area contributed by atoms with Crippen LogP contribution in [0.1, 0.15) is 12.7 Å². The number of nitriles is 1. The Morgan fingerprint density at radius 3 is 2.63 bits per heavy atom. The molecule has 1 aromatic carbocycles. The summed E-state index contributed by atoms with van der Waals surface area (Å²) in [6, 6.07) is 8.89. The van der Waals surface area contributed by atoms with Crippen LogP contribution < -0.4 is 11.1 Å². The highest BCUT2D eigenvalue weighted by atomic mass is 19.1. The second-order valence-corrected chi connectivity index (χ2v) is 8.60. The number of amides is 1. The third kappa shape index (κ3) is 5.08. The lowest BCUT2D eigenvalue weighted by Crippen LogP contribution is -2.56. The molecular formula is C25H24FN7O5. The highest BCUT2D eigenvalue weighted by Gasteiger charge is 2.54. The van der Waals surface area contributed by atoms with Gasteiger partial charge in [-0.25, -0.2) is 19.3 Å². The van der Waals surface area contributed by atoms with E-state index < -0.39 is 35.5 Å². The van der Waals surface area contributed by atoms with Crippen molar-refractivity contribution < 1.29 is 28.2 Å². The van der Waals surface area contributed by atoms with Crippen LogP contribution in [0.4, 0.5) is 10.3 Å². The maximum atomic E-state index is 13.7. The van der Waals surface area contributed by atoms with Crippen LogP contribution in [0.3, 0.4) is 0 Å². The Morgan fingerprint density at radius 1 is 1.29 bits per heavy atom. The molecule has 2 aromatic heterocycles. The number of primary amides is 1. The number of benzene rings is 1. The fraction of sp³-hybridized carbons (Fsp3) is 0.280. The number of carbonyl (C=O) groups excluding carboxylic acids is 2. The number of nitrogens with two attached hydrogens (primary N) is 1. The molecule has 3 heterocycles. The molecule has 1 aliphatic heterocycles. The molecule has 4 N–H and O–H groups in total. The monoisotopic (exact) mass is 521 g/mol. The lowest BCUT2D eigenvalue weighted by molar-refractivity contribution is -0.293. The number of anilines is 1. The lowest BCUT2D eigenvalue weighted by atomic mass is 9.91. The van der Waals surface area contributed by atoms with Gasteiger partial charge in [0.15, 0.2) is 12.4 Å². The van der Waals surface area contributed by atoms with E-state index in [0.717, 1.165) is 0 Å². The number of imidazole rings is 1. The summed E-state index contributed by atoms with van der Waals surface area (Å²) in [5.74, 6) is -4.18. The predicted octanol–water partition coefficient (Wildman–Crippen LogP) is 2.03. The fourth-order valence-electron chi connectivity index (χ4n) is 3.67. The number of carbonyl (C=O) groups is 2. The van der Waals surface area contributed by atoms with Gasteiger partial charge in [-0.15, -0.1) is 6.58 Å². The Bertz CT molecular complexity index is 1390. The van der Waals surface area contributed by atoms with Gasteiger partial charge in [0, 0.05) is 18.3 Å². The Balaban J connectivity index is 1.77. The summed E-state index contributed by atoms with van der Waals surface area (Å²) in [7, 11) is 0. The molecular weight excluding hydrogens is 497 g/mol. The third-order valence-corrected chi connectivity index (χ3v) is 5.72. The van der Waals surface area contributed by atoms with Crippen molar-refractivity contribution in [2.24, 2.45) is 11.1 Å². The molecule has 12 nitrogen and oxygen atoms in total. The summed E-state index contributed by atoms with van der Waals surface area (Å²) in [6.45, 7) is 4.51. The minimum absolute atomic E-state index is 0.106. The number of aromatic nitrogens is 4. The van der Waals surface area contributed by atoms with Crippen molar-refractivity contribution in [3.8, 4) is 28.7 Å². The van der Waals surface area contributed by atoms with Crippen LogP contribution in [0, 0.1) is 22.6 Å². The predicted molar refractivity (Wildman–Crippen MR) is 131 cm³/mol. The maximum absolute atomic E-state index is 13.7. The van der Waals surface area contributed by atoms with E-state index in [-0.39, 0.29) is 19.0 Å². The molecule has 0 atom stereocenters. The van der Waals surface area contributed by atoms with E-state index in [9.17, 15) is 14.0 Å². The molecule has 1 amide bonds. The van der Waals surface area contributed by atoms with Crippen molar-refractivity contribution in [2.75, 3.05) is 31.7 Å². The van der Waals surface area contributed by atoms with Gasteiger partial charge in [-0.3, -0.25) is 9.59 Å². The molecule has 4 rings (SSSR count). The van der Waals surface area contributed by atoms with Crippen LogP contribution in [0.5, 0.6) is 0 Å². The van der Waals surface area contributed by atoms with Crippen molar-refractivity contribution >= 4 is 17.8 Å². The number of halogens is 1. The van der Waals surface area contributed by atoms with Crippen LogP contribution in [0.2, 0.25) is 0 Å². The second-order valence-electron chi connectivity index (χ2n) is 8.60. The molecule has 0 aliphatic carbocycles. The van der Waals surface area contributed by atoms with E-state index >= 15 is 0 Å². The van der Waals surface area contributed by atoms with Gasteiger partial charge in [0.05, 0.1) is 30.3 Å². The number of nitrogens with one attached hydrogen (secondary N) is 2. The Hall–Kier alpha value is -4.67. The first-order chi connectivity index (χ1) is 18.2. The maximum Gasteiger partial charge on any atom is 0.317 e. The SMILES string of the molecule is C=CCNc1nccc(-c2[nH]c(C3(C(N)=O)OCC(C)(C(=O)OCC#N)CO3)nc2-c2ccc(F)cc2)n1. The van der Waals surface area contributed by atoms with Gasteiger partial charge in [-0.05, 0) is 37.3 Å². The zero-order valence-corrected chi connectivity index (χ0v) is 20.4. The van der Waals surface area contributed by atoms with E-state index in [0.29, 0.717) is 35.1 Å². The first-order valence-electron chi connectivity index (χ1n) is 11.4. The first-order valence-corrected chi connectivity index (χ1v) is 11.4. The highest BCUT2D eigenvalue weighted by molar-refractivity contribution is 5.85. The number of esters is 1. The molecule has 1 saturated heterocycles. The van der Waals surface area contributed by atoms with E-state index in [1.165, 1.54) is 37.4 Å². The molecule has 0 saturated carbocycles. The average molecular weight is 522 g/mol. The molecule has 196 valence electrons. The smallest absolute Gasteiger partial charge is 0.317 e. The van der Waals surface area contributed by atoms with Crippen molar-refractivity contribution in [3.63, 3.8) is 0 Å². The largest absolute Gasteiger partial charge is 0.450 e. The van der Waals surface area contributed by atoms with Crippen molar-refractivity contribution in [1.29, 1.82) is 5.26 Å². The molecule has 1 fully saturated rings. The summed E-state index contributed by atoms with van der Waals surface area (Å²) in [6.07, 6.45) is 3.17. The molecule has 3 aromatic rings. The topological polar surface area (TPSA) is 178 Å². The van der Waals surface area contributed by atoms with Crippen LogP contribution in [0.25, 0.3) is 22.6 Å². The first kappa shape index (κ1) is 26.4. The van der Waals surface area contributed by atoms with E-state index in [4.69, 9.17) is 25.2 Å². The Morgan fingerprint density at radius 2 is 2.00 bits per heavy atom. The molecule has 0 radical (unpaired) electrons. The second kappa shape index (κ2) is 10.8. The summed E-state index contributed by atoms with van der Waals surface area (Å²) in [4.78, 5) is 41.4. The number of hydrogen-bond donors (Lipinski definition) is 3. The van der Waals surface area contributed by atoms with Gasteiger partial charge in [0.2, 0.25) is 5.95 Å². The molecule has 38 heavy (non-hydrogen) atoms. The van der Waals surface area contributed by atoms with Gasteiger partial charge in [-0.2, -0.15) is 5.26 Å². The van der Waals surface area contributed by atoms with Crippen molar-refractivity contribution in [1.82, 2.24) is 19.9 Å². The number of ether oxygens (including phenoxy) is 3. The third-order valence-electron chi connectivity index (χ3n) is 5.72. The number of H-pyrrole nitrogens is 1. The normalized spacial score (nSPS) is 20.8. The van der Waals surface area contributed by atoms with Gasteiger partial charge in [0.1, 0.15) is 17.3 Å². The fourth-order valence-corrected chi connectivity index (χ4v) is 3.67. The Labute approximate surface area is 216 Å². The lowest BCUT2D eigenvalue weighted by Gasteiger charge is -2.40. The molecule has 0 bridgehead atoms. The summed E-state index contributed by atoms with van der Waals surface area (Å²) in [5.41, 5.74) is 5.97. The van der Waals surface area contributed by atoms with Crippen LogP contribution in [0.15, 0.2) is 49.2 Å². The molecule has 13 heteroatoms. The minimum atomic E-state index is -2.18. The highest BCUT2D eigenvalue weighted by Crippen LogP contribution is 2.39.